The van der Waals surface area contributed by atoms with Gasteiger partial charge in [0.25, 0.3) is 0 Å². The molecule has 1 saturated heterocycles. The van der Waals surface area contributed by atoms with Crippen molar-refractivity contribution in [2.45, 2.75) is 71.8 Å². The Morgan fingerprint density at radius 3 is 2.77 bits per heavy atom. The van der Waals surface area contributed by atoms with E-state index in [9.17, 15) is 9.90 Å². The van der Waals surface area contributed by atoms with Crippen molar-refractivity contribution in [2.24, 2.45) is 23.2 Å². The van der Waals surface area contributed by atoms with Crippen LogP contribution >= 0.6 is 11.3 Å². The fourth-order valence-corrected chi connectivity index (χ4v) is 7.32. The molecule has 144 valence electrons. The molecule has 4 nitrogen and oxygen atoms in total. The highest BCUT2D eigenvalue weighted by Crippen LogP contribution is 2.57. The van der Waals surface area contributed by atoms with Crippen LogP contribution < -0.4 is 0 Å². The number of amides is 1. The Labute approximate surface area is 161 Å². The van der Waals surface area contributed by atoms with E-state index in [2.05, 4.69) is 20.8 Å². The average Bonchev–Trinajstić information content (AvgIpc) is 3.22. The van der Waals surface area contributed by atoms with E-state index >= 15 is 0 Å². The van der Waals surface area contributed by atoms with Gasteiger partial charge in [-0.15, -0.1) is 11.3 Å². The third-order valence-corrected chi connectivity index (χ3v) is 8.47. The molecule has 26 heavy (non-hydrogen) atoms. The number of likely N-dealkylation sites (tertiary alicyclic amines) is 1. The van der Waals surface area contributed by atoms with Crippen LogP contribution in [0.4, 0.5) is 0 Å². The molecule has 3 aliphatic rings. The number of aliphatic hydroxyl groups is 1. The molecule has 1 saturated carbocycles. The molecule has 2 heterocycles. The molecule has 0 radical (unpaired) electrons. The summed E-state index contributed by atoms with van der Waals surface area (Å²) in [6.07, 6.45) is 4.90. The first-order chi connectivity index (χ1) is 12.3. The molecule has 2 fully saturated rings. The van der Waals surface area contributed by atoms with Gasteiger partial charge in [0, 0.05) is 29.8 Å². The van der Waals surface area contributed by atoms with Crippen LogP contribution in [0.5, 0.6) is 0 Å². The summed E-state index contributed by atoms with van der Waals surface area (Å²) in [5.74, 6) is 0.705. The zero-order valence-electron chi connectivity index (χ0n) is 16.5. The first kappa shape index (κ1) is 18.4. The van der Waals surface area contributed by atoms with Gasteiger partial charge in [0.1, 0.15) is 0 Å². The summed E-state index contributed by atoms with van der Waals surface area (Å²) < 4.78 is 0. The van der Waals surface area contributed by atoms with Gasteiger partial charge in [-0.3, -0.25) is 4.79 Å². The molecule has 4 rings (SSSR count). The Kier molecular flexibility index (Phi) is 4.67. The normalized spacial score (nSPS) is 38.0. The highest BCUT2D eigenvalue weighted by molar-refractivity contribution is 7.11. The van der Waals surface area contributed by atoms with Crippen molar-refractivity contribution in [2.75, 3.05) is 13.1 Å². The third-order valence-electron chi connectivity index (χ3n) is 7.48. The van der Waals surface area contributed by atoms with E-state index < -0.39 is 6.10 Å². The Hall–Kier alpha value is -0.940. The van der Waals surface area contributed by atoms with Gasteiger partial charge in [0.05, 0.1) is 16.8 Å². The maximum absolute atomic E-state index is 12.9. The van der Waals surface area contributed by atoms with E-state index in [-0.39, 0.29) is 35.0 Å². The summed E-state index contributed by atoms with van der Waals surface area (Å²) in [5.41, 5.74) is 1.32. The molecule has 0 spiro atoms. The van der Waals surface area contributed by atoms with Gasteiger partial charge in [0.2, 0.25) is 5.91 Å². The maximum atomic E-state index is 12.9. The largest absolute Gasteiger partial charge is 0.392 e. The van der Waals surface area contributed by atoms with Crippen LogP contribution in [0.1, 0.15) is 68.0 Å². The number of aliphatic hydroxyl groups excluding tert-OH is 1. The molecular formula is C21H32N2O2S. The molecule has 1 unspecified atom stereocenters. The van der Waals surface area contributed by atoms with Crippen LogP contribution in [-0.2, 0) is 11.2 Å². The number of aryl methyl sites for hydroxylation is 1. The van der Waals surface area contributed by atoms with Gasteiger partial charge in [0.15, 0.2) is 0 Å². The number of rotatable bonds is 2. The number of hydrogen-bond acceptors (Lipinski definition) is 4. The lowest BCUT2D eigenvalue weighted by Gasteiger charge is -2.53. The van der Waals surface area contributed by atoms with Gasteiger partial charge in [-0.25, -0.2) is 4.98 Å². The minimum atomic E-state index is -0.416. The number of fused-ring (bicyclic) bond motifs is 2. The Morgan fingerprint density at radius 1 is 1.38 bits per heavy atom. The molecule has 1 aromatic rings. The molecule has 1 N–H and O–H groups in total. The summed E-state index contributed by atoms with van der Waals surface area (Å²) in [7, 11) is 0. The van der Waals surface area contributed by atoms with E-state index in [0.717, 1.165) is 50.2 Å². The van der Waals surface area contributed by atoms with Crippen molar-refractivity contribution in [3.05, 3.63) is 15.6 Å². The van der Waals surface area contributed by atoms with Crippen LogP contribution in [0, 0.1) is 30.1 Å². The molecule has 1 aromatic heterocycles. The number of nitrogens with zero attached hydrogens (tertiary/aromatic N) is 2. The number of thiazole rings is 1. The second-order valence-electron chi connectivity index (χ2n) is 9.20. The minimum absolute atomic E-state index is 0.0740. The lowest BCUT2D eigenvalue weighted by molar-refractivity contribution is -0.143. The van der Waals surface area contributed by atoms with E-state index in [1.807, 2.05) is 23.2 Å². The summed E-state index contributed by atoms with van der Waals surface area (Å²) >= 11 is 1.82. The summed E-state index contributed by atoms with van der Waals surface area (Å²) in [5, 5.41) is 12.5. The highest BCUT2D eigenvalue weighted by Gasteiger charge is 2.54. The maximum Gasteiger partial charge on any atom is 0.225 e. The zero-order valence-corrected chi connectivity index (χ0v) is 17.3. The van der Waals surface area contributed by atoms with Crippen LogP contribution in [-0.4, -0.2) is 40.1 Å². The lowest BCUT2D eigenvalue weighted by atomic mass is 9.53. The van der Waals surface area contributed by atoms with Crippen LogP contribution in [0.3, 0.4) is 0 Å². The fraction of sp³-hybridized carbons (Fsp3) is 0.810. The first-order valence-corrected chi connectivity index (χ1v) is 11.1. The Morgan fingerprint density at radius 2 is 2.08 bits per heavy atom. The van der Waals surface area contributed by atoms with Gasteiger partial charge < -0.3 is 10.0 Å². The number of carbonyl (C=O) groups is 1. The second kappa shape index (κ2) is 6.59. The van der Waals surface area contributed by atoms with E-state index in [4.69, 9.17) is 4.98 Å². The summed E-state index contributed by atoms with van der Waals surface area (Å²) in [6.45, 7) is 10.5. The Bertz CT molecular complexity index is 696. The molecule has 5 heteroatoms. The standard InChI is InChI=1S/C21H32N2O2S/c1-12(20(25)23-9-5-6-10-23)15-7-8-21(4)11-16-18(22-14(3)26-16)13(2)17(21)19(15)24/h12-13,15,17,19,24H,5-11H2,1-4H3/t12-,13-,15?,17+,19-,21-/m0/s1. The smallest absolute Gasteiger partial charge is 0.225 e. The van der Waals surface area contributed by atoms with Crippen LogP contribution in [0.15, 0.2) is 0 Å². The first-order valence-electron chi connectivity index (χ1n) is 10.2. The molecule has 0 aromatic carbocycles. The lowest BCUT2D eigenvalue weighted by Crippen LogP contribution is -2.53. The monoisotopic (exact) mass is 376 g/mol. The molecule has 1 aliphatic heterocycles. The molecule has 6 atom stereocenters. The fourth-order valence-electron chi connectivity index (χ4n) is 6.08. The minimum Gasteiger partial charge on any atom is -0.392 e. The average molecular weight is 377 g/mol. The topological polar surface area (TPSA) is 53.4 Å². The quantitative estimate of drug-likeness (QED) is 0.855. The highest BCUT2D eigenvalue weighted by atomic mass is 32.1. The van der Waals surface area contributed by atoms with Gasteiger partial charge >= 0.3 is 0 Å². The van der Waals surface area contributed by atoms with E-state index in [1.165, 1.54) is 10.6 Å². The Balaban J connectivity index is 1.58. The molecule has 2 aliphatic carbocycles. The van der Waals surface area contributed by atoms with E-state index in [1.54, 1.807) is 0 Å². The predicted octanol–water partition coefficient (Wildman–Crippen LogP) is 3.76. The van der Waals surface area contributed by atoms with Gasteiger partial charge in [-0.1, -0.05) is 20.8 Å². The zero-order chi connectivity index (χ0) is 18.6. The van der Waals surface area contributed by atoms with Gasteiger partial charge in [-0.05, 0) is 56.3 Å². The second-order valence-corrected chi connectivity index (χ2v) is 10.5. The van der Waals surface area contributed by atoms with E-state index in [0.29, 0.717) is 0 Å². The number of hydrogen-bond donors (Lipinski definition) is 1. The SMILES string of the molecule is Cc1nc2c(s1)C[C@]1(C)CCC([C@H](C)C(=O)N3CCCC3)[C@H](O)[C@H]1[C@@H]2C. The van der Waals surface area contributed by atoms with Crippen molar-refractivity contribution in [3.63, 3.8) is 0 Å². The third kappa shape index (κ3) is 2.82. The predicted molar refractivity (Wildman–Crippen MR) is 104 cm³/mol. The molecule has 0 bridgehead atoms. The molecule has 1 amide bonds. The van der Waals surface area contributed by atoms with Crippen LogP contribution in [0.25, 0.3) is 0 Å². The van der Waals surface area contributed by atoms with Crippen LogP contribution in [0.2, 0.25) is 0 Å². The van der Waals surface area contributed by atoms with Crippen molar-refractivity contribution in [3.8, 4) is 0 Å². The number of carbonyl (C=O) groups excluding carboxylic acids is 1. The summed E-state index contributed by atoms with van der Waals surface area (Å²) in [6, 6.07) is 0. The van der Waals surface area contributed by atoms with Crippen molar-refractivity contribution in [1.29, 1.82) is 0 Å². The molecular weight excluding hydrogens is 344 g/mol. The van der Waals surface area contributed by atoms with Gasteiger partial charge in [-0.2, -0.15) is 0 Å². The van der Waals surface area contributed by atoms with Crippen molar-refractivity contribution >= 4 is 17.2 Å². The number of aromatic nitrogens is 1. The van der Waals surface area contributed by atoms with Crippen molar-refractivity contribution in [1.82, 2.24) is 9.88 Å². The van der Waals surface area contributed by atoms with Crippen molar-refractivity contribution < 1.29 is 9.90 Å². The summed E-state index contributed by atoms with van der Waals surface area (Å²) in [4.78, 5) is 21.1.